The summed E-state index contributed by atoms with van der Waals surface area (Å²) in [7, 11) is 0. The van der Waals surface area contributed by atoms with Gasteiger partial charge in [0.05, 0.1) is 18.8 Å². The second-order valence-corrected chi connectivity index (χ2v) is 4.72. The van der Waals surface area contributed by atoms with Crippen molar-refractivity contribution in [1.82, 2.24) is 0 Å². The molecule has 0 fully saturated rings. The molecule has 2 rings (SSSR count). The number of ether oxygens (including phenoxy) is 1. The fraction of sp³-hybridized carbons (Fsp3) is 0.571. The number of benzene rings is 1. The molecule has 0 radical (unpaired) electrons. The van der Waals surface area contributed by atoms with Crippen LogP contribution in [0.5, 0.6) is 5.75 Å². The number of rotatable bonds is 4. The lowest BCUT2D eigenvalue weighted by Gasteiger charge is -2.23. The zero-order valence-electron chi connectivity index (χ0n) is 10.2. The Kier molecular flexibility index (Phi) is 4.02. The van der Waals surface area contributed by atoms with Crippen molar-refractivity contribution in [3.05, 3.63) is 29.3 Å². The van der Waals surface area contributed by atoms with Crippen LogP contribution in [0.2, 0.25) is 0 Å². The number of hydrogen-bond acceptors (Lipinski definition) is 3. The molecule has 0 aromatic heterocycles. The molecular weight excluding hydrogens is 216 g/mol. The van der Waals surface area contributed by atoms with Crippen LogP contribution in [0.3, 0.4) is 0 Å². The molecule has 0 heterocycles. The molecule has 3 heteroatoms. The van der Waals surface area contributed by atoms with Crippen LogP contribution < -0.4 is 4.74 Å². The molecule has 0 saturated carbocycles. The van der Waals surface area contributed by atoms with Gasteiger partial charge < -0.3 is 14.9 Å². The first-order chi connectivity index (χ1) is 8.18. The van der Waals surface area contributed by atoms with Crippen LogP contribution in [0.25, 0.3) is 0 Å². The largest absolute Gasteiger partial charge is 0.493 e. The molecule has 17 heavy (non-hydrogen) atoms. The van der Waals surface area contributed by atoms with Crippen molar-refractivity contribution in [3.63, 3.8) is 0 Å². The number of aliphatic hydroxyl groups is 2. The molecule has 1 aromatic rings. The van der Waals surface area contributed by atoms with Crippen molar-refractivity contribution in [2.45, 2.75) is 44.8 Å². The van der Waals surface area contributed by atoms with Crippen LogP contribution in [0.1, 0.15) is 43.4 Å². The van der Waals surface area contributed by atoms with E-state index in [9.17, 15) is 10.2 Å². The Morgan fingerprint density at radius 2 is 2.29 bits per heavy atom. The Morgan fingerprint density at radius 1 is 1.47 bits per heavy atom. The Balaban J connectivity index is 2.09. The molecule has 94 valence electrons. The minimum atomic E-state index is -0.348. The van der Waals surface area contributed by atoms with Gasteiger partial charge in [0.2, 0.25) is 0 Å². The van der Waals surface area contributed by atoms with Gasteiger partial charge in [-0.3, -0.25) is 0 Å². The normalized spacial score (nSPS) is 20.8. The number of hydrogen-bond donors (Lipinski definition) is 2. The molecule has 0 bridgehead atoms. The summed E-state index contributed by atoms with van der Waals surface area (Å²) >= 11 is 0. The Hall–Kier alpha value is -1.06. The lowest BCUT2D eigenvalue weighted by molar-refractivity contribution is 0.148. The van der Waals surface area contributed by atoms with E-state index in [1.54, 1.807) is 6.92 Å². The minimum Gasteiger partial charge on any atom is -0.493 e. The van der Waals surface area contributed by atoms with Gasteiger partial charge in [0.1, 0.15) is 5.75 Å². The van der Waals surface area contributed by atoms with Crippen molar-refractivity contribution >= 4 is 0 Å². The van der Waals surface area contributed by atoms with Gasteiger partial charge in [0.15, 0.2) is 0 Å². The van der Waals surface area contributed by atoms with Gasteiger partial charge in [-0.25, -0.2) is 0 Å². The van der Waals surface area contributed by atoms with Crippen LogP contribution in [0.4, 0.5) is 0 Å². The maximum atomic E-state index is 9.90. The van der Waals surface area contributed by atoms with Gasteiger partial charge >= 0.3 is 0 Å². The smallest absolute Gasteiger partial charge is 0.122 e. The molecule has 0 aliphatic heterocycles. The van der Waals surface area contributed by atoms with E-state index in [0.717, 1.165) is 36.1 Å². The average molecular weight is 236 g/mol. The van der Waals surface area contributed by atoms with Gasteiger partial charge in [-0.05, 0) is 43.4 Å². The van der Waals surface area contributed by atoms with Gasteiger partial charge in [-0.1, -0.05) is 12.1 Å². The molecule has 1 aromatic carbocycles. The molecule has 1 aliphatic carbocycles. The fourth-order valence-corrected chi connectivity index (χ4v) is 2.26. The molecule has 2 unspecified atom stereocenters. The second-order valence-electron chi connectivity index (χ2n) is 4.72. The van der Waals surface area contributed by atoms with Gasteiger partial charge in [-0.2, -0.15) is 0 Å². The van der Waals surface area contributed by atoms with E-state index in [1.165, 1.54) is 0 Å². The van der Waals surface area contributed by atoms with Crippen molar-refractivity contribution in [2.24, 2.45) is 0 Å². The highest BCUT2D eigenvalue weighted by Crippen LogP contribution is 2.35. The van der Waals surface area contributed by atoms with Crippen LogP contribution in [-0.2, 0) is 6.42 Å². The van der Waals surface area contributed by atoms with Gasteiger partial charge in [0.25, 0.3) is 0 Å². The summed E-state index contributed by atoms with van der Waals surface area (Å²) < 4.78 is 5.69. The first kappa shape index (κ1) is 12.4. The molecule has 3 nitrogen and oxygen atoms in total. The molecule has 1 aliphatic rings. The summed E-state index contributed by atoms with van der Waals surface area (Å²) in [4.78, 5) is 0. The first-order valence-electron chi connectivity index (χ1n) is 6.29. The standard InChI is InChI=1S/C14H20O3/c1-10(15)8-9-17-14-7-3-4-11-12(14)5-2-6-13(11)16/h3-4,7,10,13,15-16H,2,5-6,8-9H2,1H3. The predicted molar refractivity (Wildman–Crippen MR) is 66.1 cm³/mol. The highest BCUT2D eigenvalue weighted by Gasteiger charge is 2.20. The van der Waals surface area contributed by atoms with E-state index in [4.69, 9.17) is 4.74 Å². The zero-order chi connectivity index (χ0) is 12.3. The second kappa shape index (κ2) is 5.52. The van der Waals surface area contributed by atoms with E-state index in [0.29, 0.717) is 13.0 Å². The lowest BCUT2D eigenvalue weighted by Crippen LogP contribution is -2.13. The highest BCUT2D eigenvalue weighted by molar-refractivity contribution is 5.42. The quantitative estimate of drug-likeness (QED) is 0.842. The molecule has 2 N–H and O–H groups in total. The number of aliphatic hydroxyl groups excluding tert-OH is 2. The van der Waals surface area contributed by atoms with Crippen LogP contribution in [-0.4, -0.2) is 22.9 Å². The third-order valence-corrected chi connectivity index (χ3v) is 3.23. The predicted octanol–water partition coefficient (Wildman–Crippen LogP) is 2.21. The maximum absolute atomic E-state index is 9.90. The first-order valence-corrected chi connectivity index (χ1v) is 6.29. The van der Waals surface area contributed by atoms with Crippen LogP contribution in [0.15, 0.2) is 18.2 Å². The average Bonchev–Trinajstić information content (AvgIpc) is 2.30. The van der Waals surface area contributed by atoms with Gasteiger partial charge in [-0.15, -0.1) is 0 Å². The summed E-state index contributed by atoms with van der Waals surface area (Å²) in [5, 5.41) is 19.1. The molecular formula is C14H20O3. The van der Waals surface area contributed by atoms with Crippen LogP contribution in [0, 0.1) is 0 Å². The third-order valence-electron chi connectivity index (χ3n) is 3.23. The van der Waals surface area contributed by atoms with Crippen molar-refractivity contribution in [1.29, 1.82) is 0 Å². The number of fused-ring (bicyclic) bond motifs is 1. The summed E-state index contributed by atoms with van der Waals surface area (Å²) in [6.45, 7) is 2.28. The van der Waals surface area contributed by atoms with E-state index in [1.807, 2.05) is 18.2 Å². The van der Waals surface area contributed by atoms with Crippen molar-refractivity contribution in [3.8, 4) is 5.75 Å². The lowest BCUT2D eigenvalue weighted by atomic mass is 9.89. The van der Waals surface area contributed by atoms with E-state index < -0.39 is 0 Å². The van der Waals surface area contributed by atoms with Crippen LogP contribution >= 0.6 is 0 Å². The fourth-order valence-electron chi connectivity index (χ4n) is 2.26. The van der Waals surface area contributed by atoms with Crippen molar-refractivity contribution < 1.29 is 14.9 Å². The highest BCUT2D eigenvalue weighted by atomic mass is 16.5. The van der Waals surface area contributed by atoms with Gasteiger partial charge in [0, 0.05) is 6.42 Å². The maximum Gasteiger partial charge on any atom is 0.122 e. The summed E-state index contributed by atoms with van der Waals surface area (Å²) in [5.41, 5.74) is 2.14. The summed E-state index contributed by atoms with van der Waals surface area (Å²) in [5.74, 6) is 0.863. The monoisotopic (exact) mass is 236 g/mol. The van der Waals surface area contributed by atoms with E-state index in [2.05, 4.69) is 0 Å². The molecule has 0 spiro atoms. The van der Waals surface area contributed by atoms with E-state index in [-0.39, 0.29) is 12.2 Å². The Labute approximate surface area is 102 Å². The Morgan fingerprint density at radius 3 is 3.06 bits per heavy atom. The van der Waals surface area contributed by atoms with E-state index >= 15 is 0 Å². The topological polar surface area (TPSA) is 49.7 Å². The third kappa shape index (κ3) is 2.99. The zero-order valence-corrected chi connectivity index (χ0v) is 10.2. The molecule has 0 amide bonds. The summed E-state index contributed by atoms with van der Waals surface area (Å²) in [6, 6.07) is 5.84. The molecule has 2 atom stereocenters. The summed E-state index contributed by atoms with van der Waals surface area (Å²) in [6.07, 6.45) is 2.76. The van der Waals surface area contributed by atoms with Crippen molar-refractivity contribution in [2.75, 3.05) is 6.61 Å². The Bertz CT molecular complexity index is 374. The minimum absolute atomic E-state index is 0.333. The molecule has 0 saturated heterocycles. The SMILES string of the molecule is CC(O)CCOc1cccc2c1CCCC2O.